The predicted molar refractivity (Wildman–Crippen MR) is 62.3 cm³/mol. The molecule has 1 amide bonds. The number of Topliss-reactive ketones (excluding diaryl/α,β-unsaturated/α-hetero) is 3. The van der Waals surface area contributed by atoms with Gasteiger partial charge in [0.1, 0.15) is 5.78 Å². The van der Waals surface area contributed by atoms with Gasteiger partial charge in [-0.2, -0.15) is 0 Å². The zero-order chi connectivity index (χ0) is 13.7. The van der Waals surface area contributed by atoms with E-state index in [1.165, 1.54) is 27.7 Å². The van der Waals surface area contributed by atoms with E-state index < -0.39 is 29.6 Å². The van der Waals surface area contributed by atoms with Crippen molar-refractivity contribution < 1.29 is 19.2 Å². The van der Waals surface area contributed by atoms with Crippen LogP contribution in [0.5, 0.6) is 0 Å². The number of carbonyl (C=O) groups excluding carboxylic acids is 4. The lowest BCUT2D eigenvalue weighted by atomic mass is 9.92. The summed E-state index contributed by atoms with van der Waals surface area (Å²) in [7, 11) is 0. The van der Waals surface area contributed by atoms with Gasteiger partial charge in [-0.3, -0.25) is 19.2 Å². The Morgan fingerprint density at radius 2 is 1.29 bits per heavy atom. The summed E-state index contributed by atoms with van der Waals surface area (Å²) < 4.78 is 0. The number of rotatable bonds is 6. The molecule has 0 aliphatic carbocycles. The maximum Gasteiger partial charge on any atom is 0.230 e. The number of nitrogens with one attached hydrogen (secondary N) is 1. The highest BCUT2D eigenvalue weighted by Crippen LogP contribution is 2.09. The molecule has 5 nitrogen and oxygen atoms in total. The average Bonchev–Trinajstić information content (AvgIpc) is 2.25. The Bertz CT molecular complexity index is 348. The lowest BCUT2D eigenvalue weighted by Gasteiger charge is -2.16. The summed E-state index contributed by atoms with van der Waals surface area (Å²) in [4.78, 5) is 45.3. The van der Waals surface area contributed by atoms with Gasteiger partial charge in [0.2, 0.25) is 5.91 Å². The van der Waals surface area contributed by atoms with Crippen LogP contribution in [0.1, 0.15) is 34.6 Å². The molecule has 5 heteroatoms. The number of carbonyl (C=O) groups is 4. The number of ketones is 3. The Kier molecular flexibility index (Phi) is 5.71. The first kappa shape index (κ1) is 15.5. The molecule has 0 aromatic carbocycles. The smallest absolute Gasteiger partial charge is 0.230 e. The highest BCUT2D eigenvalue weighted by molar-refractivity contribution is 6.10. The fourth-order valence-electron chi connectivity index (χ4n) is 1.14. The van der Waals surface area contributed by atoms with Gasteiger partial charge >= 0.3 is 0 Å². The third kappa shape index (κ3) is 4.46. The van der Waals surface area contributed by atoms with Crippen LogP contribution in [-0.4, -0.2) is 29.3 Å². The van der Waals surface area contributed by atoms with E-state index in [0.717, 1.165) is 0 Å². The van der Waals surface area contributed by atoms with Crippen LogP contribution in [0.3, 0.4) is 0 Å². The molecule has 0 aromatic heterocycles. The molecule has 0 rings (SSSR count). The van der Waals surface area contributed by atoms with Gasteiger partial charge in [0.15, 0.2) is 11.6 Å². The second-order valence-electron chi connectivity index (χ2n) is 4.30. The van der Waals surface area contributed by atoms with Crippen molar-refractivity contribution >= 4 is 23.3 Å². The molecule has 17 heavy (non-hydrogen) atoms. The van der Waals surface area contributed by atoms with Crippen LogP contribution in [0.4, 0.5) is 0 Å². The molecule has 0 heterocycles. The molecule has 3 unspecified atom stereocenters. The normalized spacial score (nSPS) is 15.6. The van der Waals surface area contributed by atoms with Crippen LogP contribution >= 0.6 is 0 Å². The van der Waals surface area contributed by atoms with Crippen LogP contribution in [0.15, 0.2) is 0 Å². The molecule has 0 aliphatic heterocycles. The largest absolute Gasteiger partial charge is 0.346 e. The molecule has 1 N–H and O–H groups in total. The van der Waals surface area contributed by atoms with Crippen LogP contribution in [0.25, 0.3) is 0 Å². The topological polar surface area (TPSA) is 80.3 Å². The number of hydrogen-bond donors (Lipinski definition) is 1. The Labute approximate surface area is 101 Å². The second kappa shape index (κ2) is 6.27. The second-order valence-corrected chi connectivity index (χ2v) is 4.30. The molecule has 0 bridgehead atoms. The van der Waals surface area contributed by atoms with E-state index >= 15 is 0 Å². The Hall–Kier alpha value is -1.52. The summed E-state index contributed by atoms with van der Waals surface area (Å²) in [5.41, 5.74) is 0. The van der Waals surface area contributed by atoms with E-state index in [4.69, 9.17) is 0 Å². The molecule has 0 aromatic rings. The zero-order valence-electron chi connectivity index (χ0n) is 10.9. The minimum absolute atomic E-state index is 0.183. The van der Waals surface area contributed by atoms with Crippen molar-refractivity contribution in [2.45, 2.75) is 40.7 Å². The zero-order valence-corrected chi connectivity index (χ0v) is 10.9. The fourth-order valence-corrected chi connectivity index (χ4v) is 1.14. The highest BCUT2D eigenvalue weighted by Gasteiger charge is 2.29. The van der Waals surface area contributed by atoms with E-state index in [1.807, 2.05) is 0 Å². The van der Waals surface area contributed by atoms with Crippen molar-refractivity contribution in [2.75, 3.05) is 0 Å². The van der Waals surface area contributed by atoms with Gasteiger partial charge in [-0.1, -0.05) is 0 Å². The van der Waals surface area contributed by atoms with Crippen molar-refractivity contribution in [1.82, 2.24) is 5.32 Å². The first-order chi connectivity index (χ1) is 7.68. The third-order valence-electron chi connectivity index (χ3n) is 2.83. The van der Waals surface area contributed by atoms with Crippen molar-refractivity contribution in [3.05, 3.63) is 0 Å². The quantitative estimate of drug-likeness (QED) is 0.687. The van der Waals surface area contributed by atoms with E-state index in [-0.39, 0.29) is 11.6 Å². The fraction of sp³-hybridized carbons (Fsp3) is 0.667. The van der Waals surface area contributed by atoms with Gasteiger partial charge in [-0.25, -0.2) is 0 Å². The molecule has 0 saturated heterocycles. The van der Waals surface area contributed by atoms with Crippen molar-refractivity contribution in [1.29, 1.82) is 0 Å². The first-order valence-corrected chi connectivity index (χ1v) is 5.53. The number of hydrogen-bond acceptors (Lipinski definition) is 4. The Balaban J connectivity index is 4.56. The van der Waals surface area contributed by atoms with E-state index in [0.29, 0.717) is 0 Å². The summed E-state index contributed by atoms with van der Waals surface area (Å²) in [5, 5.41) is 2.43. The molecule has 96 valence electrons. The molecular formula is C12H19NO4. The monoisotopic (exact) mass is 241 g/mol. The lowest BCUT2D eigenvalue weighted by Crippen LogP contribution is -2.43. The van der Waals surface area contributed by atoms with E-state index in [9.17, 15) is 19.2 Å². The molecule has 0 spiro atoms. The molecule has 0 saturated carbocycles. The molecule has 0 radical (unpaired) electrons. The van der Waals surface area contributed by atoms with E-state index in [2.05, 4.69) is 5.32 Å². The van der Waals surface area contributed by atoms with Crippen molar-refractivity contribution in [2.24, 2.45) is 11.8 Å². The summed E-state index contributed by atoms with van der Waals surface area (Å²) >= 11 is 0. The van der Waals surface area contributed by atoms with Crippen LogP contribution in [0, 0.1) is 11.8 Å². The van der Waals surface area contributed by atoms with Gasteiger partial charge in [0.25, 0.3) is 0 Å². The summed E-state index contributed by atoms with van der Waals surface area (Å²) in [6.45, 7) is 7.12. The molecule has 0 aliphatic rings. The van der Waals surface area contributed by atoms with Gasteiger partial charge in [-0.15, -0.1) is 0 Å². The average molecular weight is 241 g/mol. The van der Waals surface area contributed by atoms with Crippen molar-refractivity contribution in [3.8, 4) is 0 Å². The minimum Gasteiger partial charge on any atom is -0.346 e. The number of amides is 1. The summed E-state index contributed by atoms with van der Waals surface area (Å²) in [5.74, 6) is -3.11. The minimum atomic E-state index is -0.921. The molecular weight excluding hydrogens is 222 g/mol. The predicted octanol–water partition coefficient (Wildman–Crippen LogP) is 0.510. The Morgan fingerprint density at radius 3 is 1.65 bits per heavy atom. The van der Waals surface area contributed by atoms with Gasteiger partial charge in [0.05, 0.1) is 17.9 Å². The van der Waals surface area contributed by atoms with Gasteiger partial charge < -0.3 is 5.32 Å². The molecule has 3 atom stereocenters. The van der Waals surface area contributed by atoms with Crippen LogP contribution < -0.4 is 5.32 Å². The maximum absolute atomic E-state index is 11.7. The van der Waals surface area contributed by atoms with E-state index in [1.54, 1.807) is 6.92 Å². The SMILES string of the molecule is CC(=O)C(C)NC(=O)C(C)C(=O)C(C)C(C)=O. The summed E-state index contributed by atoms with van der Waals surface area (Å²) in [6.07, 6.45) is 0. The lowest BCUT2D eigenvalue weighted by molar-refractivity contribution is -0.139. The Morgan fingerprint density at radius 1 is 0.824 bits per heavy atom. The van der Waals surface area contributed by atoms with Crippen LogP contribution in [0.2, 0.25) is 0 Å². The van der Waals surface area contributed by atoms with Crippen LogP contribution in [-0.2, 0) is 19.2 Å². The highest BCUT2D eigenvalue weighted by atomic mass is 16.2. The maximum atomic E-state index is 11.7. The summed E-state index contributed by atoms with van der Waals surface area (Å²) in [6, 6.07) is -0.620. The third-order valence-corrected chi connectivity index (χ3v) is 2.83. The van der Waals surface area contributed by atoms with Gasteiger partial charge in [0, 0.05) is 0 Å². The van der Waals surface area contributed by atoms with Crippen molar-refractivity contribution in [3.63, 3.8) is 0 Å². The first-order valence-electron chi connectivity index (χ1n) is 5.53. The van der Waals surface area contributed by atoms with Gasteiger partial charge in [-0.05, 0) is 34.6 Å². The molecule has 0 fully saturated rings. The standard InChI is InChI=1S/C12H19NO4/c1-6(9(4)14)11(16)7(2)12(17)13-8(3)10(5)15/h6-8H,1-5H3,(H,13,17).